The van der Waals surface area contributed by atoms with Crippen LogP contribution < -0.4 is 11.1 Å². The number of rotatable bonds is 4. The summed E-state index contributed by atoms with van der Waals surface area (Å²) in [7, 11) is 0. The smallest absolute Gasteiger partial charge is 0.218 e. The lowest BCUT2D eigenvalue weighted by Gasteiger charge is -2.54. The highest BCUT2D eigenvalue weighted by Gasteiger charge is 2.62. The standard InChI is InChI=1S/C14H26N2O10/c1-4(19)16-12-11(23)9(21)6(3-18)26-14(12,24)13-7(15)10(22)8(20)5(2-17)25-13/h5-13,17-18,20-24H,2-3,15H2,1H3,(H,16,19)/t5-,6-,7-,8-,9-,10-,11+,12-,13-,14?/m1/s1. The molecule has 2 saturated heterocycles. The van der Waals surface area contributed by atoms with Gasteiger partial charge in [0.15, 0.2) is 0 Å². The average molecular weight is 382 g/mol. The van der Waals surface area contributed by atoms with Crippen molar-refractivity contribution in [3.05, 3.63) is 0 Å². The van der Waals surface area contributed by atoms with E-state index in [1.54, 1.807) is 0 Å². The van der Waals surface area contributed by atoms with E-state index in [2.05, 4.69) is 5.32 Å². The molecule has 2 rings (SSSR count). The normalized spacial score (nSPS) is 49.7. The molecule has 10 atom stereocenters. The predicted molar refractivity (Wildman–Crippen MR) is 82.3 cm³/mol. The van der Waals surface area contributed by atoms with Crippen molar-refractivity contribution in [2.45, 2.75) is 67.5 Å². The van der Waals surface area contributed by atoms with Gasteiger partial charge < -0.3 is 56.3 Å². The van der Waals surface area contributed by atoms with Crippen molar-refractivity contribution in [3.8, 4) is 0 Å². The van der Waals surface area contributed by atoms with Gasteiger partial charge >= 0.3 is 0 Å². The van der Waals surface area contributed by atoms with E-state index >= 15 is 0 Å². The van der Waals surface area contributed by atoms with Gasteiger partial charge in [-0.3, -0.25) is 4.79 Å². The highest BCUT2D eigenvalue weighted by atomic mass is 16.7. The topological polar surface area (TPSA) is 215 Å². The maximum atomic E-state index is 11.5. The Morgan fingerprint density at radius 2 is 1.58 bits per heavy atom. The van der Waals surface area contributed by atoms with E-state index in [4.69, 9.17) is 15.2 Å². The average Bonchev–Trinajstić information content (AvgIpc) is 2.60. The number of amides is 1. The molecule has 152 valence electrons. The molecule has 1 amide bonds. The Hall–Kier alpha value is -0.930. The molecule has 0 aromatic rings. The lowest BCUT2D eigenvalue weighted by atomic mass is 9.81. The Kier molecular flexibility index (Phi) is 6.56. The van der Waals surface area contributed by atoms with Crippen LogP contribution in [-0.4, -0.2) is 115 Å². The minimum Gasteiger partial charge on any atom is -0.394 e. The molecule has 0 aromatic carbocycles. The molecule has 2 aliphatic heterocycles. The molecule has 2 aliphatic rings. The predicted octanol–water partition coefficient (Wildman–Crippen LogP) is -5.90. The number of aliphatic hydroxyl groups is 7. The summed E-state index contributed by atoms with van der Waals surface area (Å²) >= 11 is 0. The van der Waals surface area contributed by atoms with Crippen LogP contribution in [0.2, 0.25) is 0 Å². The van der Waals surface area contributed by atoms with Gasteiger partial charge in [0.1, 0.15) is 48.8 Å². The number of carbonyl (C=O) groups is 1. The molecule has 26 heavy (non-hydrogen) atoms. The van der Waals surface area contributed by atoms with Crippen LogP contribution in [-0.2, 0) is 14.3 Å². The Bertz CT molecular complexity index is 508. The van der Waals surface area contributed by atoms with Crippen molar-refractivity contribution in [2.75, 3.05) is 13.2 Å². The summed E-state index contributed by atoms with van der Waals surface area (Å²) in [5.74, 6) is -3.28. The first-order valence-electron chi connectivity index (χ1n) is 8.10. The first kappa shape index (κ1) is 21.4. The summed E-state index contributed by atoms with van der Waals surface area (Å²) < 4.78 is 10.7. The first-order chi connectivity index (χ1) is 12.1. The minimum absolute atomic E-state index is 0.686. The van der Waals surface area contributed by atoms with E-state index in [9.17, 15) is 40.5 Å². The third-order valence-electron chi connectivity index (χ3n) is 4.78. The number of nitrogens with one attached hydrogen (secondary N) is 1. The maximum absolute atomic E-state index is 11.5. The fourth-order valence-corrected chi connectivity index (χ4v) is 3.35. The number of ether oxygens (including phenoxy) is 2. The summed E-state index contributed by atoms with van der Waals surface area (Å²) in [4.78, 5) is 11.5. The highest BCUT2D eigenvalue weighted by molar-refractivity contribution is 5.73. The number of nitrogens with two attached hydrogens (primary N) is 1. The molecule has 0 radical (unpaired) electrons. The zero-order valence-corrected chi connectivity index (χ0v) is 14.0. The van der Waals surface area contributed by atoms with Gasteiger partial charge in [0.25, 0.3) is 0 Å². The molecular weight excluding hydrogens is 356 g/mol. The zero-order chi connectivity index (χ0) is 19.8. The Morgan fingerprint density at radius 3 is 2.08 bits per heavy atom. The second kappa shape index (κ2) is 7.98. The fourth-order valence-electron chi connectivity index (χ4n) is 3.35. The van der Waals surface area contributed by atoms with Gasteiger partial charge in [-0.1, -0.05) is 0 Å². The third-order valence-corrected chi connectivity index (χ3v) is 4.78. The highest BCUT2D eigenvalue weighted by Crippen LogP contribution is 2.36. The van der Waals surface area contributed by atoms with Crippen molar-refractivity contribution < 1.29 is 50.0 Å². The summed E-state index contributed by atoms with van der Waals surface area (Å²) in [5.41, 5.74) is 5.83. The largest absolute Gasteiger partial charge is 0.394 e. The van der Waals surface area contributed by atoms with E-state index in [0.717, 1.165) is 6.92 Å². The van der Waals surface area contributed by atoms with Crippen molar-refractivity contribution in [1.82, 2.24) is 5.32 Å². The molecule has 12 nitrogen and oxygen atoms in total. The van der Waals surface area contributed by atoms with Crippen molar-refractivity contribution >= 4 is 5.91 Å². The lowest BCUT2D eigenvalue weighted by molar-refractivity contribution is -0.373. The molecule has 0 bridgehead atoms. The molecule has 1 unspecified atom stereocenters. The molecule has 10 N–H and O–H groups in total. The zero-order valence-electron chi connectivity index (χ0n) is 14.0. The summed E-state index contributed by atoms with van der Waals surface area (Å²) in [6, 6.07) is -3.09. The van der Waals surface area contributed by atoms with E-state index < -0.39 is 79.7 Å². The van der Waals surface area contributed by atoms with Gasteiger partial charge in [-0.05, 0) is 0 Å². The number of hydrogen-bond acceptors (Lipinski definition) is 11. The van der Waals surface area contributed by atoms with Crippen molar-refractivity contribution in [2.24, 2.45) is 5.73 Å². The number of aliphatic hydroxyl groups excluding tert-OH is 6. The van der Waals surface area contributed by atoms with Crippen LogP contribution in [0.3, 0.4) is 0 Å². The molecule has 2 heterocycles. The van der Waals surface area contributed by atoms with Gasteiger partial charge in [-0.25, -0.2) is 0 Å². The van der Waals surface area contributed by atoms with E-state index in [1.165, 1.54) is 0 Å². The second-order valence-electron chi connectivity index (χ2n) is 6.59. The molecule has 0 aliphatic carbocycles. The van der Waals surface area contributed by atoms with Gasteiger partial charge in [0.05, 0.1) is 19.3 Å². The SMILES string of the molecule is CC(=O)N[C@@H]1[C@@H](O)[C@H](O)[C@@H](CO)OC1(O)[C@@H]1O[C@H](CO)[C@@H](O)[C@H](O)[C@H]1N. The van der Waals surface area contributed by atoms with Crippen molar-refractivity contribution in [3.63, 3.8) is 0 Å². The molecule has 0 saturated carbocycles. The van der Waals surface area contributed by atoms with Gasteiger partial charge in [-0.2, -0.15) is 0 Å². The van der Waals surface area contributed by atoms with E-state index in [1.807, 2.05) is 0 Å². The second-order valence-corrected chi connectivity index (χ2v) is 6.59. The van der Waals surface area contributed by atoms with Crippen LogP contribution in [0.25, 0.3) is 0 Å². The third kappa shape index (κ3) is 3.57. The van der Waals surface area contributed by atoms with E-state index in [0.29, 0.717) is 0 Å². The lowest BCUT2D eigenvalue weighted by Crippen LogP contribution is -2.79. The molecule has 0 spiro atoms. The fraction of sp³-hybridized carbons (Fsp3) is 0.929. The number of carbonyl (C=O) groups excluding carboxylic acids is 1. The minimum atomic E-state index is -2.59. The Morgan fingerprint density at radius 1 is 1.04 bits per heavy atom. The van der Waals surface area contributed by atoms with Crippen LogP contribution in [0.5, 0.6) is 0 Å². The van der Waals surface area contributed by atoms with Gasteiger partial charge in [-0.15, -0.1) is 0 Å². The summed E-state index contributed by atoms with van der Waals surface area (Å²) in [6.45, 7) is -0.421. The molecular formula is C14H26N2O10. The number of hydrogen-bond donors (Lipinski definition) is 9. The maximum Gasteiger partial charge on any atom is 0.218 e. The summed E-state index contributed by atoms with van der Waals surface area (Å²) in [6.07, 6.45) is -11.0. The van der Waals surface area contributed by atoms with Crippen molar-refractivity contribution in [1.29, 1.82) is 0 Å². The van der Waals surface area contributed by atoms with Crippen LogP contribution in [0.1, 0.15) is 6.92 Å². The Balaban J connectivity index is 2.43. The van der Waals surface area contributed by atoms with Gasteiger partial charge in [0.2, 0.25) is 11.7 Å². The van der Waals surface area contributed by atoms with Crippen LogP contribution in [0, 0.1) is 0 Å². The Labute approximate surface area is 148 Å². The molecule has 0 aromatic heterocycles. The molecule has 12 heteroatoms. The van der Waals surface area contributed by atoms with Crippen LogP contribution in [0.4, 0.5) is 0 Å². The first-order valence-corrected chi connectivity index (χ1v) is 8.10. The van der Waals surface area contributed by atoms with E-state index in [-0.39, 0.29) is 0 Å². The van der Waals surface area contributed by atoms with Crippen LogP contribution >= 0.6 is 0 Å². The summed E-state index contributed by atoms with van der Waals surface area (Å²) in [5, 5.41) is 72.2. The van der Waals surface area contributed by atoms with Crippen LogP contribution in [0.15, 0.2) is 0 Å². The van der Waals surface area contributed by atoms with Gasteiger partial charge in [0, 0.05) is 6.92 Å². The molecule has 2 fully saturated rings. The quantitative estimate of drug-likeness (QED) is 0.223. The monoisotopic (exact) mass is 382 g/mol.